The maximum absolute atomic E-state index is 2.40. The Morgan fingerprint density at radius 1 is 1.17 bits per heavy atom. The Morgan fingerprint density at radius 3 is 2.50 bits per heavy atom. The molecule has 0 saturated heterocycles. The summed E-state index contributed by atoms with van der Waals surface area (Å²) in [4.78, 5) is 0. The smallest absolute Gasteiger partial charge is 0.0236 e. The van der Waals surface area contributed by atoms with Crippen LogP contribution in [-0.4, -0.2) is 0 Å². The van der Waals surface area contributed by atoms with Gasteiger partial charge < -0.3 is 0 Å². The molecule has 0 heterocycles. The molecule has 0 N–H and O–H groups in total. The fraction of sp³-hybridized carbons (Fsp3) is 0.444. The van der Waals surface area contributed by atoms with Crippen LogP contribution in [-0.2, 0) is 0 Å². The van der Waals surface area contributed by atoms with Crippen molar-refractivity contribution >= 4 is 0 Å². The van der Waals surface area contributed by atoms with E-state index in [4.69, 9.17) is 0 Å². The van der Waals surface area contributed by atoms with Crippen molar-refractivity contribution in [2.24, 2.45) is 0 Å². The van der Waals surface area contributed by atoms with E-state index >= 15 is 0 Å². The molecule has 0 aromatic carbocycles. The number of allylic oxidation sites excluding steroid dienone is 10. The van der Waals surface area contributed by atoms with Gasteiger partial charge in [0.25, 0.3) is 0 Å². The summed E-state index contributed by atoms with van der Waals surface area (Å²) < 4.78 is 0. The molecule has 0 amide bonds. The molecule has 1 aliphatic rings. The molecule has 98 valence electrons. The third kappa shape index (κ3) is 4.52. The average Bonchev–Trinajstić information content (AvgIpc) is 2.39. The quantitative estimate of drug-likeness (QED) is 0.416. The molecule has 1 aliphatic carbocycles. The highest BCUT2D eigenvalue weighted by Crippen LogP contribution is 2.28. The first-order chi connectivity index (χ1) is 8.69. The van der Waals surface area contributed by atoms with Gasteiger partial charge in [0, 0.05) is 0 Å². The summed E-state index contributed by atoms with van der Waals surface area (Å²) in [6.07, 6.45) is 18.2. The lowest BCUT2D eigenvalue weighted by atomic mass is 9.89. The van der Waals surface area contributed by atoms with E-state index in [0.29, 0.717) is 0 Å². The highest BCUT2D eigenvalue weighted by atomic mass is 14.1. The zero-order valence-electron chi connectivity index (χ0n) is 12.3. The van der Waals surface area contributed by atoms with Crippen molar-refractivity contribution in [3.05, 3.63) is 58.7 Å². The van der Waals surface area contributed by atoms with Gasteiger partial charge in [-0.05, 0) is 70.1 Å². The summed E-state index contributed by atoms with van der Waals surface area (Å²) in [6, 6.07) is 0. The molecule has 0 fully saturated rings. The lowest BCUT2D eigenvalue weighted by molar-refractivity contribution is 0.910. The van der Waals surface area contributed by atoms with Gasteiger partial charge in [-0.1, -0.05) is 42.0 Å². The van der Waals surface area contributed by atoms with Crippen LogP contribution in [0.4, 0.5) is 0 Å². The molecule has 0 bridgehead atoms. The highest BCUT2D eigenvalue weighted by Gasteiger charge is 2.09. The summed E-state index contributed by atoms with van der Waals surface area (Å²) in [6.45, 7) is 8.64. The molecule has 0 nitrogen and oxygen atoms in total. The summed E-state index contributed by atoms with van der Waals surface area (Å²) in [5.41, 5.74) is 5.85. The lowest BCUT2D eigenvalue weighted by Crippen LogP contribution is -1.97. The number of hydrogen-bond acceptors (Lipinski definition) is 0. The van der Waals surface area contributed by atoms with Crippen LogP contribution in [0.15, 0.2) is 58.7 Å². The van der Waals surface area contributed by atoms with Crippen LogP contribution in [0, 0.1) is 0 Å². The average molecular weight is 242 g/mol. The zero-order valence-corrected chi connectivity index (χ0v) is 12.3. The molecular formula is C18H26. The van der Waals surface area contributed by atoms with E-state index < -0.39 is 0 Å². The fourth-order valence-electron chi connectivity index (χ4n) is 2.18. The second kappa shape index (κ2) is 7.92. The minimum atomic E-state index is 1.14. The van der Waals surface area contributed by atoms with Crippen molar-refractivity contribution in [1.29, 1.82) is 0 Å². The molecule has 0 heteroatoms. The van der Waals surface area contributed by atoms with Crippen LogP contribution in [0.5, 0.6) is 0 Å². The second-order valence-corrected chi connectivity index (χ2v) is 4.94. The minimum Gasteiger partial charge on any atom is -0.0887 e. The Balaban J connectivity index is 2.85. The van der Waals surface area contributed by atoms with E-state index in [1.807, 2.05) is 0 Å². The van der Waals surface area contributed by atoms with Gasteiger partial charge >= 0.3 is 0 Å². The Hall–Kier alpha value is -1.30. The Labute approximate surface area is 112 Å². The highest BCUT2D eigenvalue weighted by molar-refractivity contribution is 5.48. The lowest BCUT2D eigenvalue weighted by Gasteiger charge is -2.16. The molecule has 0 radical (unpaired) electrons. The van der Waals surface area contributed by atoms with Crippen LogP contribution in [0.1, 0.15) is 53.4 Å². The van der Waals surface area contributed by atoms with Crippen LogP contribution >= 0.6 is 0 Å². The van der Waals surface area contributed by atoms with Gasteiger partial charge in [0.2, 0.25) is 0 Å². The third-order valence-electron chi connectivity index (χ3n) is 3.51. The first kappa shape index (κ1) is 14.8. The van der Waals surface area contributed by atoms with Gasteiger partial charge in [-0.2, -0.15) is 0 Å². The van der Waals surface area contributed by atoms with Gasteiger partial charge in [-0.15, -0.1) is 0 Å². The van der Waals surface area contributed by atoms with Crippen molar-refractivity contribution in [2.75, 3.05) is 0 Å². The first-order valence-corrected chi connectivity index (χ1v) is 7.00. The van der Waals surface area contributed by atoms with E-state index in [0.717, 1.165) is 12.8 Å². The Morgan fingerprint density at radius 2 is 1.89 bits per heavy atom. The Bertz CT molecular complexity index is 411. The minimum absolute atomic E-state index is 1.14. The van der Waals surface area contributed by atoms with Gasteiger partial charge in [0.05, 0.1) is 0 Å². The topological polar surface area (TPSA) is 0 Å². The largest absolute Gasteiger partial charge is 0.0887 e. The fourth-order valence-corrected chi connectivity index (χ4v) is 2.18. The zero-order chi connectivity index (χ0) is 13.4. The molecule has 0 aliphatic heterocycles. The van der Waals surface area contributed by atoms with Crippen molar-refractivity contribution < 1.29 is 0 Å². The maximum Gasteiger partial charge on any atom is -0.0236 e. The Kier molecular flexibility index (Phi) is 6.49. The first-order valence-electron chi connectivity index (χ1n) is 7.00. The molecule has 1 rings (SSSR count). The molecule has 0 atom stereocenters. The van der Waals surface area contributed by atoms with E-state index in [9.17, 15) is 0 Å². The summed E-state index contributed by atoms with van der Waals surface area (Å²) in [5.74, 6) is 0. The standard InChI is InChI=1S/C18H26/c1-5-7-11-17(14-13-15(3)6-2)18-12-9-8-10-16(18)4/h5-7,10-12H,8-9,13-14H2,1-4H3. The summed E-state index contributed by atoms with van der Waals surface area (Å²) in [7, 11) is 0. The number of hydrogen-bond donors (Lipinski definition) is 0. The predicted octanol–water partition coefficient (Wildman–Crippen LogP) is 5.90. The second-order valence-electron chi connectivity index (χ2n) is 4.94. The van der Waals surface area contributed by atoms with Crippen molar-refractivity contribution in [3.8, 4) is 0 Å². The number of rotatable bonds is 5. The molecule has 0 aromatic heterocycles. The monoisotopic (exact) mass is 242 g/mol. The predicted molar refractivity (Wildman–Crippen MR) is 82.6 cm³/mol. The van der Waals surface area contributed by atoms with Crippen LogP contribution < -0.4 is 0 Å². The SMILES string of the molecule is CC=CC=C(CCC(C)=CC)C1=CCCC=C1C. The molecule has 0 spiro atoms. The van der Waals surface area contributed by atoms with Crippen LogP contribution in [0.3, 0.4) is 0 Å². The van der Waals surface area contributed by atoms with Crippen molar-refractivity contribution in [3.63, 3.8) is 0 Å². The third-order valence-corrected chi connectivity index (χ3v) is 3.51. The van der Waals surface area contributed by atoms with Crippen LogP contribution in [0.2, 0.25) is 0 Å². The van der Waals surface area contributed by atoms with Crippen LogP contribution in [0.25, 0.3) is 0 Å². The summed E-state index contributed by atoms with van der Waals surface area (Å²) in [5, 5.41) is 0. The summed E-state index contributed by atoms with van der Waals surface area (Å²) >= 11 is 0. The van der Waals surface area contributed by atoms with Gasteiger partial charge in [-0.3, -0.25) is 0 Å². The van der Waals surface area contributed by atoms with E-state index in [-0.39, 0.29) is 0 Å². The molecular weight excluding hydrogens is 216 g/mol. The molecule has 0 unspecified atom stereocenters. The van der Waals surface area contributed by atoms with Crippen molar-refractivity contribution in [1.82, 2.24) is 0 Å². The molecule has 0 saturated carbocycles. The van der Waals surface area contributed by atoms with Gasteiger partial charge in [-0.25, -0.2) is 0 Å². The maximum atomic E-state index is 2.40. The van der Waals surface area contributed by atoms with E-state index in [1.165, 1.54) is 35.1 Å². The molecule has 18 heavy (non-hydrogen) atoms. The van der Waals surface area contributed by atoms with E-state index in [1.54, 1.807) is 0 Å². The van der Waals surface area contributed by atoms with Crippen molar-refractivity contribution in [2.45, 2.75) is 53.4 Å². The van der Waals surface area contributed by atoms with Gasteiger partial charge in [0.15, 0.2) is 0 Å². The molecule has 0 aromatic rings. The van der Waals surface area contributed by atoms with E-state index in [2.05, 4.69) is 64.2 Å². The van der Waals surface area contributed by atoms with Gasteiger partial charge in [0.1, 0.15) is 0 Å². The normalized spacial score (nSPS) is 18.0.